The van der Waals surface area contributed by atoms with E-state index in [0.29, 0.717) is 5.92 Å². The van der Waals surface area contributed by atoms with E-state index in [1.807, 2.05) is 12.1 Å². The third-order valence-electron chi connectivity index (χ3n) is 4.19. The van der Waals surface area contributed by atoms with Gasteiger partial charge in [-0.2, -0.15) is 0 Å². The molecule has 0 aliphatic carbocycles. The van der Waals surface area contributed by atoms with Crippen LogP contribution in [0.4, 0.5) is 4.39 Å². The Hall–Kier alpha value is -0.930. The van der Waals surface area contributed by atoms with E-state index in [4.69, 9.17) is 4.74 Å². The number of hydrogen-bond donors (Lipinski definition) is 1. The van der Waals surface area contributed by atoms with E-state index in [1.54, 1.807) is 0 Å². The molecule has 0 bridgehead atoms. The summed E-state index contributed by atoms with van der Waals surface area (Å²) in [5, 5.41) is 3.53. The number of morpholine rings is 1. The molecule has 0 spiro atoms. The van der Waals surface area contributed by atoms with Crippen LogP contribution in [-0.4, -0.2) is 18.7 Å². The van der Waals surface area contributed by atoms with Crippen molar-refractivity contribution >= 4 is 0 Å². The van der Waals surface area contributed by atoms with E-state index in [0.717, 1.165) is 24.9 Å². The first-order chi connectivity index (χ1) is 9.15. The van der Waals surface area contributed by atoms with Gasteiger partial charge in [0, 0.05) is 12.6 Å². The van der Waals surface area contributed by atoms with Crippen LogP contribution in [0.25, 0.3) is 0 Å². The minimum Gasteiger partial charge on any atom is -0.367 e. The fourth-order valence-electron chi connectivity index (χ4n) is 2.88. The second-order valence-electron chi connectivity index (χ2n) is 5.42. The van der Waals surface area contributed by atoms with Crippen LogP contribution >= 0.6 is 0 Å². The smallest absolute Gasteiger partial charge is 0.123 e. The Bertz CT molecular complexity index is 388. The van der Waals surface area contributed by atoms with E-state index in [1.165, 1.54) is 12.1 Å². The van der Waals surface area contributed by atoms with E-state index in [-0.39, 0.29) is 24.1 Å². The zero-order valence-electron chi connectivity index (χ0n) is 12.0. The van der Waals surface area contributed by atoms with Crippen LogP contribution < -0.4 is 5.32 Å². The predicted molar refractivity (Wildman–Crippen MR) is 75.6 cm³/mol. The maximum Gasteiger partial charge on any atom is 0.123 e. The van der Waals surface area contributed by atoms with Gasteiger partial charge in [0.05, 0.1) is 12.2 Å². The molecular formula is C16H24FNO. The molecular weight excluding hydrogens is 241 g/mol. The molecule has 3 atom stereocenters. The number of rotatable bonds is 4. The highest BCUT2D eigenvalue weighted by Gasteiger charge is 2.32. The lowest BCUT2D eigenvalue weighted by atomic mass is 9.92. The van der Waals surface area contributed by atoms with Gasteiger partial charge >= 0.3 is 0 Å². The maximum absolute atomic E-state index is 13.0. The summed E-state index contributed by atoms with van der Waals surface area (Å²) in [5.74, 6) is 0.389. The molecule has 106 valence electrons. The molecule has 0 radical (unpaired) electrons. The molecule has 1 N–H and O–H groups in total. The average molecular weight is 265 g/mol. The number of ether oxygens (including phenoxy) is 1. The lowest BCUT2D eigenvalue weighted by molar-refractivity contribution is -0.0881. The van der Waals surface area contributed by atoms with Gasteiger partial charge in [-0.25, -0.2) is 4.39 Å². The molecule has 0 saturated carbocycles. The summed E-state index contributed by atoms with van der Waals surface area (Å²) >= 11 is 0. The number of nitrogens with one attached hydrogen (secondary N) is 1. The number of hydrogen-bond acceptors (Lipinski definition) is 2. The van der Waals surface area contributed by atoms with E-state index >= 15 is 0 Å². The number of benzene rings is 1. The third kappa shape index (κ3) is 3.34. The topological polar surface area (TPSA) is 21.3 Å². The molecule has 1 heterocycles. The van der Waals surface area contributed by atoms with Crippen LogP contribution in [0.3, 0.4) is 0 Å². The molecule has 1 aromatic carbocycles. The van der Waals surface area contributed by atoms with E-state index in [2.05, 4.69) is 26.1 Å². The van der Waals surface area contributed by atoms with Crippen molar-refractivity contribution < 1.29 is 9.13 Å². The second-order valence-corrected chi connectivity index (χ2v) is 5.42. The summed E-state index contributed by atoms with van der Waals surface area (Å²) in [6, 6.07) is 6.93. The number of halogens is 1. The van der Waals surface area contributed by atoms with Crippen molar-refractivity contribution in [2.45, 2.75) is 51.9 Å². The average Bonchev–Trinajstić information content (AvgIpc) is 2.43. The van der Waals surface area contributed by atoms with Crippen LogP contribution in [-0.2, 0) is 4.74 Å². The van der Waals surface area contributed by atoms with Crippen molar-refractivity contribution in [1.82, 2.24) is 5.32 Å². The Morgan fingerprint density at radius 3 is 2.47 bits per heavy atom. The van der Waals surface area contributed by atoms with Gasteiger partial charge in [-0.3, -0.25) is 0 Å². The van der Waals surface area contributed by atoms with Crippen LogP contribution in [0, 0.1) is 11.7 Å². The van der Waals surface area contributed by atoms with Gasteiger partial charge in [0.25, 0.3) is 0 Å². The van der Waals surface area contributed by atoms with Crippen LogP contribution in [0.15, 0.2) is 24.3 Å². The van der Waals surface area contributed by atoms with Gasteiger partial charge in [-0.15, -0.1) is 0 Å². The van der Waals surface area contributed by atoms with Gasteiger partial charge in [-0.1, -0.05) is 38.8 Å². The summed E-state index contributed by atoms with van der Waals surface area (Å²) in [5.41, 5.74) is 1.05. The molecule has 2 rings (SSSR count). The SMILES string of the molecule is CCC(CC)C1CNC(C)C(c2ccc(F)cc2)O1. The summed E-state index contributed by atoms with van der Waals surface area (Å²) in [6.07, 6.45) is 2.53. The van der Waals surface area contributed by atoms with Crippen molar-refractivity contribution in [1.29, 1.82) is 0 Å². The zero-order chi connectivity index (χ0) is 13.8. The first kappa shape index (κ1) is 14.5. The van der Waals surface area contributed by atoms with Gasteiger partial charge in [0.15, 0.2) is 0 Å². The summed E-state index contributed by atoms with van der Waals surface area (Å²) in [6.45, 7) is 7.45. The highest BCUT2D eigenvalue weighted by molar-refractivity contribution is 5.20. The Kier molecular flexibility index (Phi) is 4.94. The molecule has 1 aliphatic heterocycles. The summed E-state index contributed by atoms with van der Waals surface area (Å²) < 4.78 is 19.3. The molecule has 0 aromatic heterocycles. The van der Waals surface area contributed by atoms with Crippen LogP contribution in [0.5, 0.6) is 0 Å². The van der Waals surface area contributed by atoms with Gasteiger partial charge < -0.3 is 10.1 Å². The van der Waals surface area contributed by atoms with Crippen molar-refractivity contribution in [3.63, 3.8) is 0 Å². The third-order valence-corrected chi connectivity index (χ3v) is 4.19. The fraction of sp³-hybridized carbons (Fsp3) is 0.625. The molecule has 2 nitrogen and oxygen atoms in total. The van der Waals surface area contributed by atoms with Gasteiger partial charge in [-0.05, 0) is 30.5 Å². The molecule has 1 aliphatic rings. The molecule has 19 heavy (non-hydrogen) atoms. The Balaban J connectivity index is 2.12. The van der Waals surface area contributed by atoms with E-state index in [9.17, 15) is 4.39 Å². The predicted octanol–water partition coefficient (Wildman–Crippen LogP) is 3.68. The fourth-order valence-corrected chi connectivity index (χ4v) is 2.88. The highest BCUT2D eigenvalue weighted by Crippen LogP contribution is 2.30. The first-order valence-corrected chi connectivity index (χ1v) is 7.30. The zero-order valence-corrected chi connectivity index (χ0v) is 12.0. The molecule has 1 aromatic rings. The van der Waals surface area contributed by atoms with Crippen LogP contribution in [0.2, 0.25) is 0 Å². The molecule has 3 heteroatoms. The van der Waals surface area contributed by atoms with Crippen molar-refractivity contribution in [3.05, 3.63) is 35.6 Å². The molecule has 0 amide bonds. The van der Waals surface area contributed by atoms with Gasteiger partial charge in [0.1, 0.15) is 5.82 Å². The van der Waals surface area contributed by atoms with E-state index < -0.39 is 0 Å². The second kappa shape index (κ2) is 6.49. The molecule has 1 saturated heterocycles. The van der Waals surface area contributed by atoms with Crippen molar-refractivity contribution in [2.75, 3.05) is 6.54 Å². The Morgan fingerprint density at radius 1 is 1.26 bits per heavy atom. The van der Waals surface area contributed by atoms with Crippen molar-refractivity contribution in [3.8, 4) is 0 Å². The summed E-state index contributed by atoms with van der Waals surface area (Å²) in [4.78, 5) is 0. The lowest BCUT2D eigenvalue weighted by Crippen LogP contribution is -2.49. The highest BCUT2D eigenvalue weighted by atomic mass is 19.1. The van der Waals surface area contributed by atoms with Gasteiger partial charge in [0.2, 0.25) is 0 Å². The largest absolute Gasteiger partial charge is 0.367 e. The lowest BCUT2D eigenvalue weighted by Gasteiger charge is -2.39. The van der Waals surface area contributed by atoms with Crippen molar-refractivity contribution in [2.24, 2.45) is 5.92 Å². The molecule has 1 fully saturated rings. The maximum atomic E-state index is 13.0. The first-order valence-electron chi connectivity index (χ1n) is 7.30. The summed E-state index contributed by atoms with van der Waals surface area (Å²) in [7, 11) is 0. The molecule has 3 unspecified atom stereocenters. The quantitative estimate of drug-likeness (QED) is 0.896. The minimum atomic E-state index is -0.197. The standard InChI is InChI=1S/C16H24FNO/c1-4-12(5-2)15-10-18-11(3)16(19-15)13-6-8-14(17)9-7-13/h6-9,11-12,15-16,18H,4-5,10H2,1-3H3. The van der Waals surface area contributed by atoms with Crippen LogP contribution in [0.1, 0.15) is 45.3 Å². The minimum absolute atomic E-state index is 0.0138. The monoisotopic (exact) mass is 265 g/mol. The Labute approximate surface area is 115 Å². The normalized spacial score (nSPS) is 27.7. The Morgan fingerprint density at radius 2 is 1.89 bits per heavy atom.